The van der Waals surface area contributed by atoms with Gasteiger partial charge in [-0.1, -0.05) is 25.4 Å². The highest BCUT2D eigenvalue weighted by Gasteiger charge is 2.16. The van der Waals surface area contributed by atoms with E-state index in [-0.39, 0.29) is 33.4 Å². The Morgan fingerprint density at radius 3 is 2.63 bits per heavy atom. The number of amides is 1. The van der Waals surface area contributed by atoms with E-state index in [1.54, 1.807) is 32.0 Å². The molecule has 27 heavy (non-hydrogen) atoms. The van der Waals surface area contributed by atoms with Crippen LogP contribution in [0.15, 0.2) is 34.7 Å². The minimum absolute atomic E-state index is 0.0172. The lowest BCUT2D eigenvalue weighted by Crippen LogP contribution is -2.36. The molecule has 0 spiro atoms. The molecular formula is C18H14ClF2N3O2S. The molecule has 0 aliphatic carbocycles. The molecule has 0 unspecified atom stereocenters. The van der Waals surface area contributed by atoms with Crippen LogP contribution in [0.2, 0.25) is 5.02 Å². The molecule has 140 valence electrons. The van der Waals surface area contributed by atoms with Crippen LogP contribution in [0, 0.1) is 17.6 Å². The fourth-order valence-corrected chi connectivity index (χ4v) is 2.68. The first kappa shape index (κ1) is 19.2. The average molecular weight is 410 g/mol. The minimum Gasteiger partial charge on any atom is -0.436 e. The van der Waals surface area contributed by atoms with Crippen molar-refractivity contribution >= 4 is 51.6 Å². The fraction of sp³-hybridized carbons (Fsp3) is 0.167. The van der Waals surface area contributed by atoms with Gasteiger partial charge in [-0.3, -0.25) is 4.79 Å². The number of benzene rings is 2. The Morgan fingerprint density at radius 2 is 1.93 bits per heavy atom. The lowest BCUT2D eigenvalue weighted by molar-refractivity contribution is -0.122. The Hall–Kier alpha value is -2.58. The zero-order valence-corrected chi connectivity index (χ0v) is 15.8. The largest absolute Gasteiger partial charge is 0.436 e. The van der Waals surface area contributed by atoms with E-state index >= 15 is 0 Å². The van der Waals surface area contributed by atoms with Gasteiger partial charge in [-0.15, -0.1) is 0 Å². The first-order valence-corrected chi connectivity index (χ1v) is 8.70. The second-order valence-electron chi connectivity index (χ2n) is 6.05. The van der Waals surface area contributed by atoms with Gasteiger partial charge < -0.3 is 15.1 Å². The normalized spacial score (nSPS) is 11.0. The average Bonchev–Trinajstić information content (AvgIpc) is 3.00. The maximum atomic E-state index is 13.5. The molecule has 0 fully saturated rings. The number of hydrogen-bond donors (Lipinski definition) is 2. The van der Waals surface area contributed by atoms with E-state index in [0.29, 0.717) is 16.8 Å². The number of nitrogens with zero attached hydrogens (tertiary/aromatic N) is 1. The quantitative estimate of drug-likeness (QED) is 0.476. The van der Waals surface area contributed by atoms with Gasteiger partial charge in [0, 0.05) is 11.6 Å². The minimum atomic E-state index is -1.05. The number of carbonyl (C=O) groups is 1. The highest BCUT2D eigenvalue weighted by Crippen LogP contribution is 2.32. The van der Waals surface area contributed by atoms with Crippen molar-refractivity contribution in [1.29, 1.82) is 0 Å². The van der Waals surface area contributed by atoms with E-state index in [0.717, 1.165) is 12.1 Å². The number of nitrogens with one attached hydrogen (secondary N) is 2. The number of rotatable bonds is 3. The van der Waals surface area contributed by atoms with Crippen molar-refractivity contribution in [1.82, 2.24) is 10.3 Å². The molecule has 3 rings (SSSR count). The van der Waals surface area contributed by atoms with Crippen molar-refractivity contribution in [2.45, 2.75) is 13.8 Å². The van der Waals surface area contributed by atoms with Crippen LogP contribution in [0.4, 0.5) is 14.5 Å². The molecular weight excluding hydrogens is 396 g/mol. The number of hydrogen-bond acceptors (Lipinski definition) is 4. The van der Waals surface area contributed by atoms with Crippen molar-refractivity contribution in [3.63, 3.8) is 0 Å². The van der Waals surface area contributed by atoms with Gasteiger partial charge in [-0.05, 0) is 42.5 Å². The summed E-state index contributed by atoms with van der Waals surface area (Å²) in [6, 6.07) is 6.75. The summed E-state index contributed by atoms with van der Waals surface area (Å²) in [5.41, 5.74) is 1.59. The molecule has 3 aromatic rings. The summed E-state index contributed by atoms with van der Waals surface area (Å²) in [4.78, 5) is 15.9. The third-order valence-electron chi connectivity index (χ3n) is 3.65. The number of halogens is 3. The number of fused-ring (bicyclic) bond motifs is 1. The zero-order chi connectivity index (χ0) is 19.7. The number of aromatic nitrogens is 1. The van der Waals surface area contributed by atoms with Crippen molar-refractivity contribution in [2.75, 3.05) is 5.32 Å². The first-order valence-electron chi connectivity index (χ1n) is 7.92. The van der Waals surface area contributed by atoms with E-state index in [9.17, 15) is 13.6 Å². The highest BCUT2D eigenvalue weighted by atomic mass is 35.5. The van der Waals surface area contributed by atoms with Gasteiger partial charge in [0.05, 0.1) is 10.6 Å². The molecule has 2 aromatic carbocycles. The zero-order valence-electron chi connectivity index (χ0n) is 14.3. The van der Waals surface area contributed by atoms with Crippen molar-refractivity contribution in [3.8, 4) is 11.5 Å². The summed E-state index contributed by atoms with van der Waals surface area (Å²) >= 11 is 11.1. The van der Waals surface area contributed by atoms with E-state index in [4.69, 9.17) is 28.2 Å². The third kappa shape index (κ3) is 4.23. The van der Waals surface area contributed by atoms with Crippen LogP contribution in [0.3, 0.4) is 0 Å². The van der Waals surface area contributed by atoms with E-state index < -0.39 is 11.6 Å². The summed E-state index contributed by atoms with van der Waals surface area (Å²) in [7, 11) is 0. The molecule has 9 heteroatoms. The lowest BCUT2D eigenvalue weighted by Gasteiger charge is -2.10. The lowest BCUT2D eigenvalue weighted by atomic mass is 10.2. The number of anilines is 1. The monoisotopic (exact) mass is 409 g/mol. The van der Waals surface area contributed by atoms with E-state index in [2.05, 4.69) is 15.6 Å². The standard InChI is InChI=1S/C18H14ClF2N3O2S/c1-8(2)16(25)24-18(27)22-9-3-4-15-14(5-9)23-17(26-15)10-6-12(20)13(21)7-11(10)19/h3-8H,1-2H3,(H2,22,24,25,27). The van der Waals surface area contributed by atoms with Gasteiger partial charge in [0.25, 0.3) is 0 Å². The van der Waals surface area contributed by atoms with Crippen molar-refractivity contribution < 1.29 is 18.0 Å². The van der Waals surface area contributed by atoms with Crippen LogP contribution >= 0.6 is 23.8 Å². The fourth-order valence-electron chi connectivity index (χ4n) is 2.23. The molecule has 5 nitrogen and oxygen atoms in total. The Balaban J connectivity index is 1.86. The molecule has 0 atom stereocenters. The van der Waals surface area contributed by atoms with Crippen LogP contribution < -0.4 is 10.6 Å². The molecule has 2 N–H and O–H groups in total. The maximum Gasteiger partial charge on any atom is 0.228 e. The van der Waals surface area contributed by atoms with Crippen molar-refractivity contribution in [2.24, 2.45) is 5.92 Å². The summed E-state index contributed by atoms with van der Waals surface area (Å²) in [5, 5.41) is 5.58. The summed E-state index contributed by atoms with van der Waals surface area (Å²) in [6.45, 7) is 3.51. The Labute approximate surface area is 163 Å². The molecule has 1 amide bonds. The van der Waals surface area contributed by atoms with E-state index in [1.165, 1.54) is 0 Å². The van der Waals surface area contributed by atoms with Crippen LogP contribution in [0.1, 0.15) is 13.8 Å². The summed E-state index contributed by atoms with van der Waals surface area (Å²) in [6.07, 6.45) is 0. The molecule has 0 saturated carbocycles. The third-order valence-corrected chi connectivity index (χ3v) is 4.16. The van der Waals surface area contributed by atoms with Gasteiger partial charge in [0.2, 0.25) is 11.8 Å². The predicted octanol–water partition coefficient (Wildman–Crippen LogP) is 4.90. The van der Waals surface area contributed by atoms with Crippen LogP contribution in [-0.2, 0) is 4.79 Å². The SMILES string of the molecule is CC(C)C(=O)NC(=S)Nc1ccc2oc(-c3cc(F)c(F)cc3Cl)nc2c1. The highest BCUT2D eigenvalue weighted by molar-refractivity contribution is 7.80. The summed E-state index contributed by atoms with van der Waals surface area (Å²) in [5.74, 6) is -2.45. The molecule has 0 aliphatic rings. The number of thiocarbonyl (C=S) groups is 1. The molecule has 1 heterocycles. The maximum absolute atomic E-state index is 13.5. The molecule has 1 aromatic heterocycles. The van der Waals surface area contributed by atoms with Crippen LogP contribution in [-0.4, -0.2) is 16.0 Å². The second kappa shape index (κ2) is 7.58. The van der Waals surface area contributed by atoms with E-state index in [1.807, 2.05) is 0 Å². The second-order valence-corrected chi connectivity index (χ2v) is 6.86. The van der Waals surface area contributed by atoms with Gasteiger partial charge in [-0.25, -0.2) is 13.8 Å². The molecule has 0 bridgehead atoms. The van der Waals surface area contributed by atoms with Gasteiger partial charge >= 0.3 is 0 Å². The number of oxazole rings is 1. The van der Waals surface area contributed by atoms with Gasteiger partial charge in [-0.2, -0.15) is 0 Å². The molecule has 0 radical (unpaired) electrons. The predicted molar refractivity (Wildman–Crippen MR) is 104 cm³/mol. The number of carbonyl (C=O) groups excluding carboxylic acids is 1. The van der Waals surface area contributed by atoms with Gasteiger partial charge in [0.15, 0.2) is 22.3 Å². The Kier molecular flexibility index (Phi) is 5.38. The summed E-state index contributed by atoms with van der Waals surface area (Å²) < 4.78 is 32.3. The molecule has 0 aliphatic heterocycles. The Bertz CT molecular complexity index is 1050. The molecule has 0 saturated heterocycles. The smallest absolute Gasteiger partial charge is 0.228 e. The topological polar surface area (TPSA) is 67.2 Å². The first-order chi connectivity index (χ1) is 12.7. The van der Waals surface area contributed by atoms with Gasteiger partial charge in [0.1, 0.15) is 5.52 Å². The van der Waals surface area contributed by atoms with Crippen molar-refractivity contribution in [3.05, 3.63) is 47.0 Å². The van der Waals surface area contributed by atoms with Crippen LogP contribution in [0.5, 0.6) is 0 Å². The Morgan fingerprint density at radius 1 is 1.22 bits per heavy atom. The van der Waals surface area contributed by atoms with Crippen LogP contribution in [0.25, 0.3) is 22.6 Å².